The Morgan fingerprint density at radius 1 is 1.54 bits per heavy atom. The molecule has 0 N–H and O–H groups in total. The van der Waals surface area contributed by atoms with Gasteiger partial charge in [-0.1, -0.05) is 12.5 Å². The molecule has 2 heteroatoms. The van der Waals surface area contributed by atoms with E-state index in [9.17, 15) is 0 Å². The Bertz CT molecular complexity index is 158. The Morgan fingerprint density at radius 3 is 2.92 bits per heavy atom. The number of hydrogen-bond acceptors (Lipinski definition) is 2. The number of thioether (sulfide) groups is 1. The Hall–Kier alpha value is 0.0500. The van der Waals surface area contributed by atoms with Gasteiger partial charge in [0, 0.05) is 17.8 Å². The van der Waals surface area contributed by atoms with Crippen molar-refractivity contribution in [3.05, 3.63) is 12.7 Å². The third kappa shape index (κ3) is 3.35. The molecule has 1 aliphatic heterocycles. The predicted octanol–water partition coefficient (Wildman–Crippen LogP) is 2.78. The van der Waals surface area contributed by atoms with Crippen LogP contribution in [0.4, 0.5) is 0 Å². The van der Waals surface area contributed by atoms with Gasteiger partial charge < -0.3 is 0 Å². The number of rotatable bonds is 3. The van der Waals surface area contributed by atoms with E-state index in [1.807, 2.05) is 11.8 Å². The van der Waals surface area contributed by atoms with Crippen molar-refractivity contribution >= 4 is 11.8 Å². The van der Waals surface area contributed by atoms with Gasteiger partial charge in [-0.25, -0.2) is 0 Å². The Balaban J connectivity index is 2.48. The van der Waals surface area contributed by atoms with Gasteiger partial charge in [-0.2, -0.15) is 11.8 Å². The van der Waals surface area contributed by atoms with Crippen LogP contribution in [0.3, 0.4) is 0 Å². The number of hydrogen-bond donors (Lipinski definition) is 0. The van der Waals surface area contributed by atoms with E-state index in [0.29, 0.717) is 6.04 Å². The summed E-state index contributed by atoms with van der Waals surface area (Å²) >= 11 is 2.01. The van der Waals surface area contributed by atoms with Gasteiger partial charge >= 0.3 is 0 Å². The van der Waals surface area contributed by atoms with Crippen LogP contribution < -0.4 is 0 Å². The van der Waals surface area contributed by atoms with Crippen LogP contribution in [0.15, 0.2) is 12.7 Å². The van der Waals surface area contributed by atoms with Gasteiger partial charge in [0.1, 0.15) is 0 Å². The summed E-state index contributed by atoms with van der Waals surface area (Å²) in [6.45, 7) is 8.61. The van der Waals surface area contributed by atoms with Crippen LogP contribution in [0.1, 0.15) is 26.2 Å². The van der Waals surface area contributed by atoms with Crippen LogP contribution in [0.2, 0.25) is 0 Å². The molecule has 1 saturated heterocycles. The molecule has 0 spiro atoms. The van der Waals surface area contributed by atoms with E-state index in [1.165, 1.54) is 32.4 Å². The first-order chi connectivity index (χ1) is 6.27. The maximum Gasteiger partial charge on any atom is 0.0247 e. The fourth-order valence-corrected chi connectivity index (χ4v) is 2.59. The summed E-state index contributed by atoms with van der Waals surface area (Å²) in [6.07, 6.45) is 8.43. The van der Waals surface area contributed by atoms with Crippen LogP contribution in [0, 0.1) is 0 Å². The summed E-state index contributed by atoms with van der Waals surface area (Å²) in [5, 5.41) is 0.838. The highest BCUT2D eigenvalue weighted by atomic mass is 32.2. The molecule has 76 valence electrons. The third-order valence-electron chi connectivity index (χ3n) is 2.91. The molecule has 0 saturated carbocycles. The third-order valence-corrected chi connectivity index (χ3v) is 3.96. The molecule has 1 fully saturated rings. The minimum absolute atomic E-state index is 0.549. The van der Waals surface area contributed by atoms with E-state index in [0.717, 1.165) is 5.25 Å². The fourth-order valence-electron chi connectivity index (χ4n) is 1.84. The summed E-state index contributed by atoms with van der Waals surface area (Å²) in [7, 11) is 0. The second kappa shape index (κ2) is 5.71. The van der Waals surface area contributed by atoms with E-state index in [1.54, 1.807) is 0 Å². The van der Waals surface area contributed by atoms with Gasteiger partial charge in [0.05, 0.1) is 0 Å². The molecule has 0 radical (unpaired) electrons. The van der Waals surface area contributed by atoms with Crippen molar-refractivity contribution in [3.63, 3.8) is 0 Å². The Kier molecular flexibility index (Phi) is 4.89. The van der Waals surface area contributed by atoms with Crippen LogP contribution in [0.25, 0.3) is 0 Å². The number of nitrogens with zero attached hydrogens (tertiary/aromatic N) is 1. The fraction of sp³-hybridized carbons (Fsp3) is 0.818. The maximum atomic E-state index is 3.87. The summed E-state index contributed by atoms with van der Waals surface area (Å²) in [6, 6.07) is 0.549. The quantitative estimate of drug-likeness (QED) is 0.643. The van der Waals surface area contributed by atoms with Gasteiger partial charge in [-0.15, -0.1) is 6.58 Å². The summed E-state index contributed by atoms with van der Waals surface area (Å²) in [4.78, 5) is 2.56. The zero-order chi connectivity index (χ0) is 9.68. The monoisotopic (exact) mass is 199 g/mol. The second-order valence-electron chi connectivity index (χ2n) is 3.82. The van der Waals surface area contributed by atoms with E-state index < -0.39 is 0 Å². The van der Waals surface area contributed by atoms with Crippen molar-refractivity contribution in [3.8, 4) is 0 Å². The molecular formula is C11H21NS. The molecule has 0 bridgehead atoms. The van der Waals surface area contributed by atoms with E-state index in [2.05, 4.69) is 30.7 Å². The van der Waals surface area contributed by atoms with Gasteiger partial charge in [0.15, 0.2) is 0 Å². The molecule has 2 unspecified atom stereocenters. The normalized spacial score (nSPS) is 28.0. The Morgan fingerprint density at radius 2 is 2.31 bits per heavy atom. The highest BCUT2D eigenvalue weighted by Gasteiger charge is 2.19. The van der Waals surface area contributed by atoms with Crippen molar-refractivity contribution in [2.45, 2.75) is 37.5 Å². The van der Waals surface area contributed by atoms with E-state index >= 15 is 0 Å². The van der Waals surface area contributed by atoms with Gasteiger partial charge in [-0.3, -0.25) is 4.90 Å². The summed E-state index contributed by atoms with van der Waals surface area (Å²) in [5.41, 5.74) is 0. The zero-order valence-corrected chi connectivity index (χ0v) is 9.65. The summed E-state index contributed by atoms with van der Waals surface area (Å²) < 4.78 is 0. The van der Waals surface area contributed by atoms with Gasteiger partial charge in [-0.05, 0) is 32.6 Å². The molecule has 2 atom stereocenters. The molecule has 13 heavy (non-hydrogen) atoms. The minimum Gasteiger partial charge on any atom is -0.296 e. The minimum atomic E-state index is 0.549. The van der Waals surface area contributed by atoms with Crippen LogP contribution in [0.5, 0.6) is 0 Å². The molecule has 0 aromatic rings. The molecule has 1 rings (SSSR count). The maximum absolute atomic E-state index is 3.87. The predicted molar refractivity (Wildman–Crippen MR) is 62.4 cm³/mol. The lowest BCUT2D eigenvalue weighted by Gasteiger charge is -2.27. The van der Waals surface area contributed by atoms with Gasteiger partial charge in [0.2, 0.25) is 0 Å². The smallest absolute Gasteiger partial charge is 0.0247 e. The lowest BCUT2D eigenvalue weighted by molar-refractivity contribution is 0.254. The molecular weight excluding hydrogens is 178 g/mol. The van der Waals surface area contributed by atoms with Crippen molar-refractivity contribution < 1.29 is 0 Å². The zero-order valence-electron chi connectivity index (χ0n) is 8.83. The first-order valence-corrected chi connectivity index (χ1v) is 6.46. The first-order valence-electron chi connectivity index (χ1n) is 5.17. The van der Waals surface area contributed by atoms with Crippen molar-refractivity contribution in [1.82, 2.24) is 4.90 Å². The lowest BCUT2D eigenvalue weighted by atomic mass is 10.2. The molecule has 0 aliphatic carbocycles. The standard InChI is InChI=1S/C11H21NS/c1-4-10(2)12-8-6-5-7-11(9-12)13-3/h4,10-11H,1,5-9H2,2-3H3. The van der Waals surface area contributed by atoms with Crippen LogP contribution >= 0.6 is 11.8 Å². The van der Waals surface area contributed by atoms with Gasteiger partial charge in [0.25, 0.3) is 0 Å². The lowest BCUT2D eigenvalue weighted by Crippen LogP contribution is -2.35. The average Bonchev–Trinajstić information content (AvgIpc) is 2.41. The number of likely N-dealkylation sites (tertiary alicyclic amines) is 1. The van der Waals surface area contributed by atoms with Crippen LogP contribution in [-0.2, 0) is 0 Å². The largest absolute Gasteiger partial charge is 0.296 e. The highest BCUT2D eigenvalue weighted by molar-refractivity contribution is 7.99. The van der Waals surface area contributed by atoms with E-state index in [-0.39, 0.29) is 0 Å². The molecule has 1 nitrogen and oxygen atoms in total. The Labute approximate surface area is 86.6 Å². The van der Waals surface area contributed by atoms with E-state index in [4.69, 9.17) is 0 Å². The SMILES string of the molecule is C=CC(C)N1CCCCC(SC)C1. The molecule has 0 aromatic carbocycles. The molecule has 1 heterocycles. The average molecular weight is 199 g/mol. The first kappa shape index (κ1) is 11.1. The molecule has 0 aromatic heterocycles. The second-order valence-corrected chi connectivity index (χ2v) is 4.96. The van der Waals surface area contributed by atoms with Crippen molar-refractivity contribution in [2.24, 2.45) is 0 Å². The summed E-state index contributed by atoms with van der Waals surface area (Å²) in [5.74, 6) is 0. The van der Waals surface area contributed by atoms with Crippen molar-refractivity contribution in [2.75, 3.05) is 19.3 Å². The van der Waals surface area contributed by atoms with Crippen LogP contribution in [-0.4, -0.2) is 35.5 Å². The highest BCUT2D eigenvalue weighted by Crippen LogP contribution is 2.21. The van der Waals surface area contributed by atoms with Crippen molar-refractivity contribution in [1.29, 1.82) is 0 Å². The molecule has 0 amide bonds. The topological polar surface area (TPSA) is 3.24 Å². The molecule has 1 aliphatic rings.